The lowest BCUT2D eigenvalue weighted by Crippen LogP contribution is -2.45. The number of carbonyl (C=O) groups excluding carboxylic acids is 1. The van der Waals surface area contributed by atoms with Gasteiger partial charge in [-0.25, -0.2) is 0 Å². The summed E-state index contributed by atoms with van der Waals surface area (Å²) in [6.07, 6.45) is 1.70. The zero-order chi connectivity index (χ0) is 22.1. The Bertz CT molecular complexity index is 883. The SMILES string of the molecule is C=C1CN(c2cc(OC)c(OC)c(OC)c2)C1=O.C=CCOc1ccccc1OC. The third kappa shape index (κ3) is 5.05. The van der Waals surface area contributed by atoms with Crippen molar-refractivity contribution in [2.75, 3.05) is 46.5 Å². The standard InChI is InChI=1S/C13H15NO4.C10H12O2/c1-8-7-14(13(8)15)9-5-10(16-2)12(18-4)11(6-9)17-3;1-3-8-12-10-7-5-4-6-9(10)11-2/h5-6H,1,7H2,2-4H3;3-7H,1,8H2,2H3. The van der Waals surface area contributed by atoms with Crippen molar-refractivity contribution in [2.24, 2.45) is 0 Å². The predicted octanol–water partition coefficient (Wildman–Crippen LogP) is 3.88. The zero-order valence-corrected chi connectivity index (χ0v) is 17.8. The molecule has 30 heavy (non-hydrogen) atoms. The van der Waals surface area contributed by atoms with Crippen LogP contribution in [0, 0.1) is 0 Å². The number of hydrogen-bond acceptors (Lipinski definition) is 6. The van der Waals surface area contributed by atoms with Crippen molar-refractivity contribution >= 4 is 11.6 Å². The Morgan fingerprint density at radius 1 is 0.933 bits per heavy atom. The molecule has 7 nitrogen and oxygen atoms in total. The summed E-state index contributed by atoms with van der Waals surface area (Å²) in [5, 5.41) is 0. The molecule has 0 aliphatic carbocycles. The summed E-state index contributed by atoms with van der Waals surface area (Å²) in [6, 6.07) is 11.0. The third-order valence-corrected chi connectivity index (χ3v) is 4.28. The van der Waals surface area contributed by atoms with Gasteiger partial charge in [-0.1, -0.05) is 31.4 Å². The van der Waals surface area contributed by atoms with Crippen molar-refractivity contribution in [1.29, 1.82) is 0 Å². The number of benzene rings is 2. The smallest absolute Gasteiger partial charge is 0.255 e. The molecule has 0 unspecified atom stereocenters. The number of carbonyl (C=O) groups is 1. The molecule has 1 heterocycles. The van der Waals surface area contributed by atoms with Gasteiger partial charge in [0.05, 0.1) is 40.7 Å². The molecule has 0 aromatic heterocycles. The van der Waals surface area contributed by atoms with Crippen LogP contribution >= 0.6 is 0 Å². The van der Waals surface area contributed by atoms with Gasteiger partial charge in [-0.2, -0.15) is 0 Å². The molecule has 1 fully saturated rings. The fourth-order valence-electron chi connectivity index (χ4n) is 2.75. The van der Waals surface area contributed by atoms with E-state index in [2.05, 4.69) is 13.2 Å². The Kier molecular flexibility index (Phi) is 8.17. The van der Waals surface area contributed by atoms with Crippen molar-refractivity contribution in [3.8, 4) is 28.7 Å². The van der Waals surface area contributed by atoms with Gasteiger partial charge in [-0.15, -0.1) is 0 Å². The number of amides is 1. The molecule has 1 saturated heterocycles. The fourth-order valence-corrected chi connectivity index (χ4v) is 2.75. The maximum Gasteiger partial charge on any atom is 0.255 e. The predicted molar refractivity (Wildman–Crippen MR) is 116 cm³/mol. The van der Waals surface area contributed by atoms with E-state index in [0.717, 1.165) is 11.5 Å². The summed E-state index contributed by atoms with van der Waals surface area (Å²) in [7, 11) is 6.24. The molecule has 3 rings (SSSR count). The van der Waals surface area contributed by atoms with Gasteiger partial charge < -0.3 is 28.6 Å². The number of rotatable bonds is 8. The molecular formula is C23H27NO6. The quantitative estimate of drug-likeness (QED) is 0.372. The highest BCUT2D eigenvalue weighted by Gasteiger charge is 2.31. The van der Waals surface area contributed by atoms with Crippen molar-refractivity contribution in [3.05, 3.63) is 61.2 Å². The van der Waals surface area contributed by atoms with Crippen molar-refractivity contribution in [1.82, 2.24) is 0 Å². The lowest BCUT2D eigenvalue weighted by atomic mass is 10.1. The van der Waals surface area contributed by atoms with E-state index in [4.69, 9.17) is 23.7 Å². The second-order valence-corrected chi connectivity index (χ2v) is 6.13. The maximum absolute atomic E-state index is 11.6. The van der Waals surface area contributed by atoms with Crippen LogP contribution < -0.4 is 28.6 Å². The summed E-state index contributed by atoms with van der Waals surface area (Å²) in [5.41, 5.74) is 1.31. The number of hydrogen-bond donors (Lipinski definition) is 0. The van der Waals surface area contributed by atoms with Crippen LogP contribution in [0.4, 0.5) is 5.69 Å². The molecule has 7 heteroatoms. The molecule has 160 valence electrons. The topological polar surface area (TPSA) is 66.5 Å². The van der Waals surface area contributed by atoms with E-state index >= 15 is 0 Å². The van der Waals surface area contributed by atoms with Crippen LogP contribution in [0.25, 0.3) is 0 Å². The minimum atomic E-state index is -0.0794. The van der Waals surface area contributed by atoms with Crippen LogP contribution in [-0.4, -0.2) is 47.5 Å². The highest BCUT2D eigenvalue weighted by Crippen LogP contribution is 2.42. The molecule has 1 amide bonds. The Hall–Kier alpha value is -3.61. The molecular weight excluding hydrogens is 386 g/mol. The first-order chi connectivity index (χ1) is 14.5. The Morgan fingerprint density at radius 2 is 1.50 bits per heavy atom. The first-order valence-electron chi connectivity index (χ1n) is 9.17. The molecule has 0 bridgehead atoms. The highest BCUT2D eigenvalue weighted by atomic mass is 16.5. The van der Waals surface area contributed by atoms with E-state index < -0.39 is 0 Å². The monoisotopic (exact) mass is 413 g/mol. The van der Waals surface area contributed by atoms with Gasteiger partial charge in [-0.05, 0) is 12.1 Å². The normalized spacial score (nSPS) is 12.2. The van der Waals surface area contributed by atoms with Crippen LogP contribution in [0.2, 0.25) is 0 Å². The van der Waals surface area contributed by atoms with E-state index in [1.54, 1.807) is 30.2 Å². The van der Waals surface area contributed by atoms with E-state index in [0.29, 0.717) is 41.7 Å². The minimum absolute atomic E-state index is 0.0794. The lowest BCUT2D eigenvalue weighted by molar-refractivity contribution is -0.117. The lowest BCUT2D eigenvalue weighted by Gasteiger charge is -2.33. The van der Waals surface area contributed by atoms with E-state index in [-0.39, 0.29) is 5.91 Å². The first kappa shape index (κ1) is 22.7. The van der Waals surface area contributed by atoms with Gasteiger partial charge in [0.15, 0.2) is 23.0 Å². The average molecular weight is 413 g/mol. The molecule has 0 saturated carbocycles. The van der Waals surface area contributed by atoms with Gasteiger partial charge in [0.25, 0.3) is 5.91 Å². The Morgan fingerprint density at radius 3 is 1.93 bits per heavy atom. The minimum Gasteiger partial charge on any atom is -0.493 e. The number of para-hydroxylation sites is 2. The van der Waals surface area contributed by atoms with Gasteiger partial charge in [-0.3, -0.25) is 4.79 Å². The summed E-state index contributed by atoms with van der Waals surface area (Å²) >= 11 is 0. The molecule has 1 aliphatic heterocycles. The second-order valence-electron chi connectivity index (χ2n) is 6.13. The molecule has 0 spiro atoms. The van der Waals surface area contributed by atoms with Crippen molar-refractivity contribution < 1.29 is 28.5 Å². The average Bonchev–Trinajstić information content (AvgIpc) is 2.80. The highest BCUT2D eigenvalue weighted by molar-refractivity contribution is 6.13. The third-order valence-electron chi connectivity index (χ3n) is 4.28. The maximum atomic E-state index is 11.6. The second kappa shape index (κ2) is 10.8. The fraction of sp³-hybridized carbons (Fsp3) is 0.261. The first-order valence-corrected chi connectivity index (χ1v) is 9.17. The Labute approximate surface area is 177 Å². The number of anilines is 1. The molecule has 0 N–H and O–H groups in total. The number of methoxy groups -OCH3 is 4. The molecule has 2 aromatic carbocycles. The summed E-state index contributed by atoms with van der Waals surface area (Å²) in [6.45, 7) is 8.25. The van der Waals surface area contributed by atoms with Crippen LogP contribution in [0.5, 0.6) is 28.7 Å². The largest absolute Gasteiger partial charge is 0.493 e. The van der Waals surface area contributed by atoms with Crippen LogP contribution in [0.1, 0.15) is 0 Å². The van der Waals surface area contributed by atoms with Gasteiger partial charge in [0, 0.05) is 17.7 Å². The zero-order valence-electron chi connectivity index (χ0n) is 17.8. The van der Waals surface area contributed by atoms with Crippen LogP contribution in [0.3, 0.4) is 0 Å². The number of nitrogens with zero attached hydrogens (tertiary/aromatic N) is 1. The summed E-state index contributed by atoms with van der Waals surface area (Å²) in [5.74, 6) is 2.98. The summed E-state index contributed by atoms with van der Waals surface area (Å²) in [4.78, 5) is 13.2. The van der Waals surface area contributed by atoms with Gasteiger partial charge >= 0.3 is 0 Å². The Balaban J connectivity index is 0.000000232. The van der Waals surface area contributed by atoms with Crippen LogP contribution in [-0.2, 0) is 4.79 Å². The number of ether oxygens (including phenoxy) is 5. The van der Waals surface area contributed by atoms with Crippen molar-refractivity contribution in [3.63, 3.8) is 0 Å². The van der Waals surface area contributed by atoms with Gasteiger partial charge in [0.1, 0.15) is 6.61 Å². The molecule has 2 aromatic rings. The summed E-state index contributed by atoms with van der Waals surface area (Å²) < 4.78 is 26.1. The number of β-lactam (4-membered cyclic amide) rings is 1. The molecule has 0 radical (unpaired) electrons. The van der Waals surface area contributed by atoms with Crippen molar-refractivity contribution in [2.45, 2.75) is 0 Å². The van der Waals surface area contributed by atoms with E-state index in [9.17, 15) is 4.79 Å². The van der Waals surface area contributed by atoms with E-state index in [1.807, 2.05) is 24.3 Å². The van der Waals surface area contributed by atoms with Crippen LogP contribution in [0.15, 0.2) is 61.2 Å². The van der Waals surface area contributed by atoms with E-state index in [1.165, 1.54) is 21.3 Å². The van der Waals surface area contributed by atoms with Gasteiger partial charge in [0.2, 0.25) is 5.75 Å². The molecule has 0 atom stereocenters. The molecule has 1 aliphatic rings.